The average molecular weight is 485 g/mol. The molecule has 0 spiro atoms. The minimum absolute atomic E-state index is 0.135. The van der Waals surface area contributed by atoms with Crippen molar-refractivity contribution in [1.29, 1.82) is 5.26 Å². The van der Waals surface area contributed by atoms with Crippen LogP contribution in [0.3, 0.4) is 0 Å². The van der Waals surface area contributed by atoms with Crippen LogP contribution >= 0.6 is 0 Å². The molecule has 1 amide bonds. The number of hydrogen-bond donors (Lipinski definition) is 2. The first-order valence-electron chi connectivity index (χ1n) is 13.0. The Labute approximate surface area is 213 Å². The van der Waals surface area contributed by atoms with Crippen molar-refractivity contribution in [3.8, 4) is 6.07 Å². The molecule has 2 aliphatic heterocycles. The molecule has 2 aromatic rings. The summed E-state index contributed by atoms with van der Waals surface area (Å²) in [7, 11) is 0. The Balaban J connectivity index is 1.54. The summed E-state index contributed by atoms with van der Waals surface area (Å²) in [6.45, 7) is 13.6. The maximum Gasteiger partial charge on any atom is 0.291 e. The Morgan fingerprint density at radius 2 is 1.86 bits per heavy atom. The summed E-state index contributed by atoms with van der Waals surface area (Å²) in [6, 6.07) is 8.44. The number of nitrogens with zero attached hydrogens (tertiary/aromatic N) is 2. The Bertz CT molecular complexity index is 1290. The van der Waals surface area contributed by atoms with E-state index in [-0.39, 0.29) is 34.0 Å². The highest BCUT2D eigenvalue weighted by atomic mass is 16.5. The number of aromatic amines is 1. The van der Waals surface area contributed by atoms with Gasteiger partial charge in [0.2, 0.25) is 0 Å². The molecule has 1 fully saturated rings. The molecule has 188 valence electrons. The fourth-order valence-electron chi connectivity index (χ4n) is 6.23. The number of rotatable bonds is 4. The second-order valence-electron chi connectivity index (χ2n) is 12.0. The van der Waals surface area contributed by atoms with E-state index in [2.05, 4.69) is 87.2 Å². The lowest BCUT2D eigenvalue weighted by molar-refractivity contribution is -0.170. The number of anilines is 1. The number of allylic oxidation sites excluding steroid dienone is 2. The number of imidazole rings is 1. The van der Waals surface area contributed by atoms with Crippen molar-refractivity contribution < 1.29 is 9.53 Å². The average Bonchev–Trinajstić information content (AvgIpc) is 3.44. The number of nitrogens with one attached hydrogen (secondary N) is 2. The number of H-pyrrole nitrogens is 1. The first-order chi connectivity index (χ1) is 16.9. The van der Waals surface area contributed by atoms with Crippen molar-refractivity contribution in [2.45, 2.75) is 77.9 Å². The Morgan fingerprint density at radius 3 is 2.44 bits per heavy atom. The molecule has 5 rings (SSSR count). The zero-order valence-corrected chi connectivity index (χ0v) is 22.1. The molecule has 6 heteroatoms. The highest BCUT2D eigenvalue weighted by molar-refractivity contribution is 6.03. The summed E-state index contributed by atoms with van der Waals surface area (Å²) < 4.78 is 6.54. The van der Waals surface area contributed by atoms with Crippen molar-refractivity contribution in [1.82, 2.24) is 9.97 Å². The Kier molecular flexibility index (Phi) is 5.76. The second-order valence-corrected chi connectivity index (χ2v) is 12.0. The molecule has 3 aliphatic rings. The molecule has 2 bridgehead atoms. The maximum atomic E-state index is 13.0. The molecule has 36 heavy (non-hydrogen) atoms. The van der Waals surface area contributed by atoms with Crippen LogP contribution < -0.4 is 5.32 Å². The number of hydrogen-bond acceptors (Lipinski definition) is 4. The number of nitriles is 1. The largest absolute Gasteiger partial charge is 0.360 e. The standard InChI is InChI=1S/C30H36N4O2/c1-18-25(19(2)30(6)14-13-29(18,5)36-30)21-7-8-24(34-27(35)26-32-17-22(16-31)33-26)23(15-21)20-9-11-28(3,4)12-10-20/h7-9,13-15,17-19,25H,10-12H2,1-6H3,(H,32,33)(H,34,35)/t18-,19+,25+,29-,30+. The number of fused-ring (bicyclic) bond motifs is 2. The van der Waals surface area contributed by atoms with E-state index in [4.69, 9.17) is 10.00 Å². The molecule has 3 heterocycles. The zero-order valence-electron chi connectivity index (χ0n) is 22.1. The molecule has 0 saturated carbocycles. The normalized spacial score (nSPS) is 32.6. The van der Waals surface area contributed by atoms with Gasteiger partial charge < -0.3 is 15.0 Å². The van der Waals surface area contributed by atoms with Crippen molar-refractivity contribution in [2.75, 3.05) is 5.32 Å². The fraction of sp³-hybridized carbons (Fsp3) is 0.500. The number of benzene rings is 1. The summed E-state index contributed by atoms with van der Waals surface area (Å²) in [4.78, 5) is 19.9. The van der Waals surface area contributed by atoms with Gasteiger partial charge in [0.15, 0.2) is 11.5 Å². The van der Waals surface area contributed by atoms with Crippen molar-refractivity contribution in [2.24, 2.45) is 17.3 Å². The zero-order chi connectivity index (χ0) is 25.9. The summed E-state index contributed by atoms with van der Waals surface area (Å²) in [5.74, 6) is 0.711. The van der Waals surface area contributed by atoms with Gasteiger partial charge in [-0.25, -0.2) is 4.98 Å². The number of amides is 1. The molecular formula is C30H36N4O2. The SMILES string of the molecule is C[C@@H]1[C@H](c2ccc(NC(=O)c3nc(C#N)c[nH]3)c(C3=CCC(C)(C)CC3)c2)[C@H](C)[C@]2(C)C=C[C@@]1(C)O2. The molecular weight excluding hydrogens is 448 g/mol. The van der Waals surface area contributed by atoms with Gasteiger partial charge in [0.1, 0.15) is 6.07 Å². The fourth-order valence-corrected chi connectivity index (χ4v) is 6.23. The molecule has 1 aromatic carbocycles. The van der Waals surface area contributed by atoms with Crippen LogP contribution in [0.2, 0.25) is 0 Å². The van der Waals surface area contributed by atoms with E-state index in [1.54, 1.807) is 0 Å². The van der Waals surface area contributed by atoms with Crippen LogP contribution in [0.15, 0.2) is 42.6 Å². The summed E-state index contributed by atoms with van der Waals surface area (Å²) in [5.41, 5.74) is 4.30. The number of ether oxygens (including phenoxy) is 1. The summed E-state index contributed by atoms with van der Waals surface area (Å²) in [6.07, 6.45) is 11.3. The van der Waals surface area contributed by atoms with Crippen LogP contribution in [0.4, 0.5) is 5.69 Å². The predicted molar refractivity (Wildman–Crippen MR) is 141 cm³/mol. The first kappa shape index (κ1) is 24.5. The topological polar surface area (TPSA) is 90.8 Å². The maximum absolute atomic E-state index is 13.0. The van der Waals surface area contributed by atoms with Gasteiger partial charge in [0.25, 0.3) is 5.91 Å². The van der Waals surface area contributed by atoms with Crippen LogP contribution in [0.25, 0.3) is 5.57 Å². The lowest BCUT2D eigenvalue weighted by Gasteiger charge is -2.50. The molecule has 0 radical (unpaired) electrons. The van der Waals surface area contributed by atoms with Gasteiger partial charge >= 0.3 is 0 Å². The minimum Gasteiger partial charge on any atom is -0.360 e. The minimum atomic E-state index is -0.350. The summed E-state index contributed by atoms with van der Waals surface area (Å²) in [5, 5.41) is 12.1. The molecule has 1 saturated heterocycles. The van der Waals surface area contributed by atoms with E-state index in [0.29, 0.717) is 17.8 Å². The van der Waals surface area contributed by atoms with E-state index in [1.807, 2.05) is 12.1 Å². The van der Waals surface area contributed by atoms with E-state index in [1.165, 1.54) is 17.3 Å². The van der Waals surface area contributed by atoms with Crippen LogP contribution in [-0.4, -0.2) is 27.1 Å². The van der Waals surface area contributed by atoms with E-state index >= 15 is 0 Å². The van der Waals surface area contributed by atoms with Gasteiger partial charge in [-0.05, 0) is 79.5 Å². The van der Waals surface area contributed by atoms with Crippen LogP contribution in [0, 0.1) is 28.6 Å². The highest BCUT2D eigenvalue weighted by Gasteiger charge is 2.55. The molecule has 5 atom stereocenters. The highest BCUT2D eigenvalue weighted by Crippen LogP contribution is 2.56. The number of carbonyl (C=O) groups excluding carboxylic acids is 1. The second kappa shape index (κ2) is 8.45. The molecule has 6 nitrogen and oxygen atoms in total. The van der Waals surface area contributed by atoms with Gasteiger partial charge in [-0.3, -0.25) is 4.79 Å². The lowest BCUT2D eigenvalue weighted by Crippen LogP contribution is -2.52. The third-order valence-electron chi connectivity index (χ3n) is 8.97. The van der Waals surface area contributed by atoms with Crippen molar-refractivity contribution in [3.05, 3.63) is 65.3 Å². The van der Waals surface area contributed by atoms with Gasteiger partial charge in [-0.15, -0.1) is 0 Å². The number of aromatic nitrogens is 2. The van der Waals surface area contributed by atoms with Crippen molar-refractivity contribution in [3.63, 3.8) is 0 Å². The van der Waals surface area contributed by atoms with Crippen LogP contribution in [0.5, 0.6) is 0 Å². The third kappa shape index (κ3) is 4.10. The van der Waals surface area contributed by atoms with Gasteiger partial charge in [-0.1, -0.05) is 52.0 Å². The Hall–Kier alpha value is -3.17. The van der Waals surface area contributed by atoms with Gasteiger partial charge in [0, 0.05) is 17.4 Å². The van der Waals surface area contributed by atoms with E-state index in [0.717, 1.165) is 30.5 Å². The van der Waals surface area contributed by atoms with Gasteiger partial charge in [0.05, 0.1) is 11.2 Å². The smallest absolute Gasteiger partial charge is 0.291 e. The monoisotopic (exact) mass is 484 g/mol. The first-order valence-corrected chi connectivity index (χ1v) is 13.0. The van der Waals surface area contributed by atoms with Crippen molar-refractivity contribution >= 4 is 17.2 Å². The predicted octanol–water partition coefficient (Wildman–Crippen LogP) is 6.60. The molecule has 0 unspecified atom stereocenters. The van der Waals surface area contributed by atoms with Gasteiger partial charge in [-0.2, -0.15) is 5.26 Å². The molecule has 1 aromatic heterocycles. The lowest BCUT2D eigenvalue weighted by atomic mass is 9.66. The molecule has 2 N–H and O–H groups in total. The summed E-state index contributed by atoms with van der Waals surface area (Å²) >= 11 is 0. The van der Waals surface area contributed by atoms with E-state index in [9.17, 15) is 4.79 Å². The Morgan fingerprint density at radius 1 is 1.17 bits per heavy atom. The van der Waals surface area contributed by atoms with Crippen LogP contribution in [0.1, 0.15) is 94.2 Å². The van der Waals surface area contributed by atoms with Crippen LogP contribution in [-0.2, 0) is 4.74 Å². The quantitative estimate of drug-likeness (QED) is 0.478. The number of carbonyl (C=O) groups is 1. The molecule has 1 aliphatic carbocycles. The third-order valence-corrected chi connectivity index (χ3v) is 8.97. The van der Waals surface area contributed by atoms with E-state index < -0.39 is 0 Å².